The van der Waals surface area contributed by atoms with Crippen molar-refractivity contribution in [3.05, 3.63) is 0 Å². The summed E-state index contributed by atoms with van der Waals surface area (Å²) in [5, 5.41) is 0. The van der Waals surface area contributed by atoms with E-state index in [2.05, 4.69) is 6.92 Å². The highest BCUT2D eigenvalue weighted by Gasteiger charge is 2.39. The van der Waals surface area contributed by atoms with Crippen LogP contribution >= 0.6 is 0 Å². The normalized spacial score (nSPS) is 30.6. The zero-order chi connectivity index (χ0) is 15.6. The van der Waals surface area contributed by atoms with E-state index < -0.39 is 0 Å². The van der Waals surface area contributed by atoms with E-state index in [4.69, 9.17) is 4.74 Å². The molecule has 1 saturated carbocycles. The molecule has 120 valence electrons. The van der Waals surface area contributed by atoms with Gasteiger partial charge in [0.2, 0.25) is 5.91 Å². The smallest absolute Gasteiger partial charge is 0.311 e. The average Bonchev–Trinajstić information content (AvgIpc) is 2.78. The average molecular weight is 295 g/mol. The second-order valence-electron chi connectivity index (χ2n) is 8.03. The molecule has 0 unspecified atom stereocenters. The molecule has 21 heavy (non-hydrogen) atoms. The van der Waals surface area contributed by atoms with Crippen LogP contribution in [0, 0.1) is 17.3 Å². The highest BCUT2D eigenvalue weighted by molar-refractivity contribution is 5.87. The third-order valence-electron chi connectivity index (χ3n) is 4.57. The molecular weight excluding hydrogens is 266 g/mol. The maximum absolute atomic E-state index is 12.2. The van der Waals surface area contributed by atoms with Crippen molar-refractivity contribution >= 4 is 11.9 Å². The van der Waals surface area contributed by atoms with Gasteiger partial charge in [0.05, 0.1) is 12.5 Å². The Bertz CT molecular complexity index is 391. The van der Waals surface area contributed by atoms with Gasteiger partial charge in [-0.3, -0.25) is 9.59 Å². The van der Waals surface area contributed by atoms with Crippen molar-refractivity contribution in [1.29, 1.82) is 0 Å². The van der Waals surface area contributed by atoms with Gasteiger partial charge in [-0.05, 0) is 37.0 Å². The molecule has 4 nitrogen and oxygen atoms in total. The molecule has 1 aliphatic heterocycles. The molecule has 1 atom stereocenters. The van der Waals surface area contributed by atoms with Crippen LogP contribution in [0.3, 0.4) is 0 Å². The molecule has 4 heteroatoms. The van der Waals surface area contributed by atoms with Crippen molar-refractivity contribution < 1.29 is 14.3 Å². The van der Waals surface area contributed by atoms with E-state index in [0.29, 0.717) is 25.6 Å². The Labute approximate surface area is 128 Å². The Morgan fingerprint density at radius 1 is 1.24 bits per heavy atom. The number of carbonyl (C=O) groups is 2. The molecular formula is C17H29NO3. The van der Waals surface area contributed by atoms with E-state index in [1.165, 1.54) is 12.8 Å². The molecule has 1 aliphatic carbocycles. The molecule has 0 spiro atoms. The Morgan fingerprint density at radius 2 is 1.86 bits per heavy atom. The zero-order valence-corrected chi connectivity index (χ0v) is 13.9. The Morgan fingerprint density at radius 3 is 2.43 bits per heavy atom. The first kappa shape index (κ1) is 16.3. The number of ether oxygens (including phenoxy) is 1. The van der Waals surface area contributed by atoms with Crippen molar-refractivity contribution in [2.75, 3.05) is 13.2 Å². The first-order valence-corrected chi connectivity index (χ1v) is 8.22. The summed E-state index contributed by atoms with van der Waals surface area (Å²) >= 11 is 0. The SMILES string of the molecule is CC1CCC(N2C[C@@H](C(=O)OCC(C)(C)C)CC2=O)CC1. The van der Waals surface area contributed by atoms with E-state index in [-0.39, 0.29) is 23.2 Å². The lowest BCUT2D eigenvalue weighted by molar-refractivity contribution is -0.151. The van der Waals surface area contributed by atoms with Crippen LogP contribution in [0.2, 0.25) is 0 Å². The van der Waals surface area contributed by atoms with Gasteiger partial charge in [-0.1, -0.05) is 27.7 Å². The monoisotopic (exact) mass is 295 g/mol. The number of nitrogens with zero attached hydrogens (tertiary/aromatic N) is 1. The number of amides is 1. The number of carbonyl (C=O) groups excluding carboxylic acids is 2. The minimum absolute atomic E-state index is 0.0303. The standard InChI is InChI=1S/C17H29NO3/c1-12-5-7-14(8-6-12)18-10-13(9-15(18)19)16(20)21-11-17(2,3)4/h12-14H,5-11H2,1-4H3/t12?,13-,14?/m0/s1. The fraction of sp³-hybridized carbons (Fsp3) is 0.882. The lowest BCUT2D eigenvalue weighted by Crippen LogP contribution is -2.39. The second-order valence-corrected chi connectivity index (χ2v) is 8.03. The van der Waals surface area contributed by atoms with E-state index >= 15 is 0 Å². The fourth-order valence-corrected chi connectivity index (χ4v) is 3.20. The number of hydrogen-bond donors (Lipinski definition) is 0. The van der Waals surface area contributed by atoms with Crippen LogP contribution in [0.5, 0.6) is 0 Å². The van der Waals surface area contributed by atoms with E-state index in [1.807, 2.05) is 25.7 Å². The van der Waals surface area contributed by atoms with E-state index in [9.17, 15) is 9.59 Å². The third-order valence-corrected chi connectivity index (χ3v) is 4.57. The lowest BCUT2D eigenvalue weighted by atomic mass is 9.87. The van der Waals surface area contributed by atoms with Gasteiger partial charge in [-0.25, -0.2) is 0 Å². The first-order valence-electron chi connectivity index (χ1n) is 8.22. The topological polar surface area (TPSA) is 46.6 Å². The van der Waals surface area contributed by atoms with E-state index in [0.717, 1.165) is 18.8 Å². The minimum atomic E-state index is -0.265. The molecule has 1 saturated heterocycles. The van der Waals surface area contributed by atoms with Gasteiger partial charge in [0.15, 0.2) is 0 Å². The zero-order valence-electron chi connectivity index (χ0n) is 13.9. The maximum Gasteiger partial charge on any atom is 0.311 e. The van der Waals surface area contributed by atoms with Gasteiger partial charge in [0, 0.05) is 19.0 Å². The van der Waals surface area contributed by atoms with Gasteiger partial charge < -0.3 is 9.64 Å². The van der Waals surface area contributed by atoms with Gasteiger partial charge in [-0.2, -0.15) is 0 Å². The van der Waals surface area contributed by atoms with Gasteiger partial charge >= 0.3 is 5.97 Å². The van der Waals surface area contributed by atoms with Gasteiger partial charge in [-0.15, -0.1) is 0 Å². The molecule has 0 N–H and O–H groups in total. The highest BCUT2D eigenvalue weighted by Crippen LogP contribution is 2.31. The predicted molar refractivity (Wildman–Crippen MR) is 81.7 cm³/mol. The van der Waals surface area contributed by atoms with E-state index in [1.54, 1.807) is 0 Å². The Kier molecular flexibility index (Phi) is 4.95. The first-order chi connectivity index (χ1) is 9.76. The highest BCUT2D eigenvalue weighted by atomic mass is 16.5. The number of likely N-dealkylation sites (tertiary alicyclic amines) is 1. The molecule has 2 fully saturated rings. The largest absolute Gasteiger partial charge is 0.465 e. The molecule has 0 bridgehead atoms. The number of rotatable bonds is 3. The van der Waals surface area contributed by atoms with Crippen LogP contribution < -0.4 is 0 Å². The molecule has 0 aromatic rings. The van der Waals surface area contributed by atoms with Gasteiger partial charge in [0.1, 0.15) is 0 Å². The van der Waals surface area contributed by atoms with Crippen LogP contribution in [-0.4, -0.2) is 36.0 Å². The Balaban J connectivity index is 1.86. The summed E-state index contributed by atoms with van der Waals surface area (Å²) < 4.78 is 5.37. The summed E-state index contributed by atoms with van der Waals surface area (Å²) in [4.78, 5) is 26.2. The summed E-state index contributed by atoms with van der Waals surface area (Å²) in [5.74, 6) is 0.433. The van der Waals surface area contributed by atoms with Crippen LogP contribution in [0.1, 0.15) is 59.8 Å². The summed E-state index contributed by atoms with van der Waals surface area (Å²) in [6, 6.07) is 0.342. The van der Waals surface area contributed by atoms with Crippen LogP contribution in [-0.2, 0) is 14.3 Å². The molecule has 0 aromatic carbocycles. The minimum Gasteiger partial charge on any atom is -0.465 e. The lowest BCUT2D eigenvalue weighted by Gasteiger charge is -2.33. The number of hydrogen-bond acceptors (Lipinski definition) is 3. The van der Waals surface area contributed by atoms with Crippen LogP contribution in [0.4, 0.5) is 0 Å². The van der Waals surface area contributed by atoms with Crippen molar-refractivity contribution in [3.8, 4) is 0 Å². The molecule has 1 heterocycles. The fourth-order valence-electron chi connectivity index (χ4n) is 3.20. The molecule has 2 rings (SSSR count). The summed E-state index contributed by atoms with van der Waals surface area (Å²) in [6.07, 6.45) is 4.86. The molecule has 0 aromatic heterocycles. The van der Waals surface area contributed by atoms with Crippen LogP contribution in [0.15, 0.2) is 0 Å². The molecule has 0 radical (unpaired) electrons. The van der Waals surface area contributed by atoms with Crippen molar-refractivity contribution in [2.24, 2.45) is 17.3 Å². The number of esters is 1. The summed E-state index contributed by atoms with van der Waals surface area (Å²) in [6.45, 7) is 9.35. The summed E-state index contributed by atoms with van der Waals surface area (Å²) in [7, 11) is 0. The molecule has 2 aliphatic rings. The van der Waals surface area contributed by atoms with Crippen molar-refractivity contribution in [3.63, 3.8) is 0 Å². The van der Waals surface area contributed by atoms with Crippen molar-refractivity contribution in [1.82, 2.24) is 4.90 Å². The quantitative estimate of drug-likeness (QED) is 0.752. The third kappa shape index (κ3) is 4.45. The summed E-state index contributed by atoms with van der Waals surface area (Å²) in [5.41, 5.74) is -0.0303. The maximum atomic E-state index is 12.2. The Hall–Kier alpha value is -1.06. The molecule has 1 amide bonds. The van der Waals surface area contributed by atoms with Gasteiger partial charge in [0.25, 0.3) is 0 Å². The predicted octanol–water partition coefficient (Wildman–Crippen LogP) is 3.00. The van der Waals surface area contributed by atoms with Crippen LogP contribution in [0.25, 0.3) is 0 Å². The second kappa shape index (κ2) is 6.37. The van der Waals surface area contributed by atoms with Crippen molar-refractivity contribution in [2.45, 2.75) is 65.8 Å².